The number of carbonyl (C=O) groups excluding carboxylic acids is 1. The third kappa shape index (κ3) is 4.79. The quantitative estimate of drug-likeness (QED) is 0.562. The van der Waals surface area contributed by atoms with Crippen LogP contribution in [0.5, 0.6) is 5.75 Å². The third-order valence-electron chi connectivity index (χ3n) is 5.16. The van der Waals surface area contributed by atoms with Crippen LogP contribution in [0.25, 0.3) is 11.0 Å². The van der Waals surface area contributed by atoms with Gasteiger partial charge in [-0.05, 0) is 24.1 Å². The maximum atomic E-state index is 13.1. The molecule has 1 saturated heterocycles. The van der Waals surface area contributed by atoms with Gasteiger partial charge in [-0.25, -0.2) is 13.4 Å². The molecule has 0 spiro atoms. The Morgan fingerprint density at radius 1 is 1.27 bits per heavy atom. The summed E-state index contributed by atoms with van der Waals surface area (Å²) in [7, 11) is -1.48. The monoisotopic (exact) mass is 445 g/mol. The lowest BCUT2D eigenvalue weighted by atomic mass is 10.1. The minimum Gasteiger partial charge on any atom is -0.497 e. The fourth-order valence-corrected chi connectivity index (χ4v) is 6.10. The van der Waals surface area contributed by atoms with Crippen molar-refractivity contribution >= 4 is 38.5 Å². The van der Waals surface area contributed by atoms with Crippen molar-refractivity contribution in [3.63, 3.8) is 0 Å². The van der Waals surface area contributed by atoms with Crippen molar-refractivity contribution in [3.8, 4) is 5.75 Å². The number of benzene rings is 2. The number of rotatable bonds is 7. The topological polar surface area (TPSA) is 92.4 Å². The molecule has 1 aliphatic rings. The zero-order valence-corrected chi connectivity index (χ0v) is 18.2. The fourth-order valence-electron chi connectivity index (χ4n) is 3.60. The summed E-state index contributed by atoms with van der Waals surface area (Å²) in [6, 6.07) is 14.9. The Bertz CT molecular complexity index is 1150. The van der Waals surface area contributed by atoms with Crippen molar-refractivity contribution in [2.75, 3.05) is 24.4 Å². The van der Waals surface area contributed by atoms with Crippen LogP contribution in [0, 0.1) is 0 Å². The average molecular weight is 446 g/mol. The van der Waals surface area contributed by atoms with Gasteiger partial charge in [-0.2, -0.15) is 0 Å². The van der Waals surface area contributed by atoms with Gasteiger partial charge in [0.1, 0.15) is 5.75 Å². The molecule has 3 aromatic rings. The van der Waals surface area contributed by atoms with Gasteiger partial charge in [-0.3, -0.25) is 4.79 Å². The number of H-pyrrole nitrogens is 1. The summed E-state index contributed by atoms with van der Waals surface area (Å²) >= 11 is 1.32. The van der Waals surface area contributed by atoms with Crippen LogP contribution in [0.15, 0.2) is 53.7 Å². The molecule has 0 aliphatic carbocycles. The van der Waals surface area contributed by atoms with E-state index in [-0.39, 0.29) is 29.2 Å². The Kier molecular flexibility index (Phi) is 6.01. The van der Waals surface area contributed by atoms with Crippen LogP contribution in [0.4, 0.5) is 0 Å². The first-order chi connectivity index (χ1) is 14.4. The molecular weight excluding hydrogens is 422 g/mol. The number of aromatic amines is 1. The molecular formula is C21H23N3O4S2. The summed E-state index contributed by atoms with van der Waals surface area (Å²) in [5.41, 5.74) is 2.62. The first-order valence-corrected chi connectivity index (χ1v) is 12.4. The number of nitrogens with zero attached hydrogens (tertiary/aromatic N) is 2. The Hall–Kier alpha value is -2.52. The van der Waals surface area contributed by atoms with E-state index in [0.717, 1.165) is 22.3 Å². The SMILES string of the molecule is COc1ccc2nc(SCC(=O)N(Cc3ccccc3)C3CCS(=O)(=O)C3)[nH]c2c1. The number of fused-ring (bicyclic) bond motifs is 1. The molecule has 0 saturated carbocycles. The van der Waals surface area contributed by atoms with Gasteiger partial charge >= 0.3 is 0 Å². The van der Waals surface area contributed by atoms with E-state index in [1.54, 1.807) is 12.0 Å². The van der Waals surface area contributed by atoms with E-state index in [1.807, 2.05) is 48.5 Å². The molecule has 7 nitrogen and oxygen atoms in total. The number of ether oxygens (including phenoxy) is 1. The van der Waals surface area contributed by atoms with Gasteiger partial charge in [-0.15, -0.1) is 0 Å². The largest absolute Gasteiger partial charge is 0.497 e. The summed E-state index contributed by atoms with van der Waals surface area (Å²) in [6.07, 6.45) is 0.482. The molecule has 1 unspecified atom stereocenters. The highest BCUT2D eigenvalue weighted by Crippen LogP contribution is 2.25. The average Bonchev–Trinajstić information content (AvgIpc) is 3.32. The van der Waals surface area contributed by atoms with Crippen molar-refractivity contribution < 1.29 is 17.9 Å². The summed E-state index contributed by atoms with van der Waals surface area (Å²) in [6.45, 7) is 0.401. The van der Waals surface area contributed by atoms with Gasteiger partial charge in [0.25, 0.3) is 0 Å². The smallest absolute Gasteiger partial charge is 0.233 e. The standard InChI is InChI=1S/C21H23N3O4S2/c1-28-17-7-8-18-19(11-17)23-21(22-18)29-13-20(25)24(12-15-5-3-2-4-6-15)16-9-10-30(26,27)14-16/h2-8,11,16H,9-10,12-14H2,1H3,(H,22,23). The molecule has 2 aromatic carbocycles. The molecule has 9 heteroatoms. The molecule has 1 fully saturated rings. The van der Waals surface area contributed by atoms with Crippen LogP contribution in [0.2, 0.25) is 0 Å². The van der Waals surface area contributed by atoms with Crippen LogP contribution in [-0.2, 0) is 21.2 Å². The van der Waals surface area contributed by atoms with Gasteiger partial charge in [0.2, 0.25) is 5.91 Å². The van der Waals surface area contributed by atoms with Gasteiger partial charge in [0.15, 0.2) is 15.0 Å². The van der Waals surface area contributed by atoms with Crippen LogP contribution >= 0.6 is 11.8 Å². The van der Waals surface area contributed by atoms with Crippen molar-refractivity contribution in [2.45, 2.75) is 24.2 Å². The zero-order valence-electron chi connectivity index (χ0n) is 16.6. The highest BCUT2D eigenvalue weighted by molar-refractivity contribution is 7.99. The number of carbonyl (C=O) groups is 1. The maximum absolute atomic E-state index is 13.1. The van der Waals surface area contributed by atoms with Gasteiger partial charge in [0, 0.05) is 18.7 Å². The number of imidazole rings is 1. The van der Waals surface area contributed by atoms with E-state index in [2.05, 4.69) is 9.97 Å². The number of methoxy groups -OCH3 is 1. The van der Waals surface area contributed by atoms with Crippen LogP contribution in [0.1, 0.15) is 12.0 Å². The molecule has 30 heavy (non-hydrogen) atoms. The van der Waals surface area contributed by atoms with E-state index in [4.69, 9.17) is 4.74 Å². The maximum Gasteiger partial charge on any atom is 0.233 e. The molecule has 1 N–H and O–H groups in total. The normalized spacial score (nSPS) is 17.8. The summed E-state index contributed by atoms with van der Waals surface area (Å²) in [5.74, 6) is 0.981. The third-order valence-corrected chi connectivity index (χ3v) is 7.77. The molecule has 4 rings (SSSR count). The van der Waals surface area contributed by atoms with Crippen molar-refractivity contribution in [1.82, 2.24) is 14.9 Å². The summed E-state index contributed by atoms with van der Waals surface area (Å²) < 4.78 is 29.2. The molecule has 158 valence electrons. The van der Waals surface area contributed by atoms with E-state index in [0.29, 0.717) is 18.1 Å². The Balaban J connectivity index is 1.48. The van der Waals surface area contributed by atoms with Gasteiger partial charge < -0.3 is 14.6 Å². The van der Waals surface area contributed by atoms with Crippen molar-refractivity contribution in [3.05, 3.63) is 54.1 Å². The molecule has 2 heterocycles. The van der Waals surface area contributed by atoms with E-state index in [9.17, 15) is 13.2 Å². The lowest BCUT2D eigenvalue weighted by Gasteiger charge is -2.28. The summed E-state index contributed by atoms with van der Waals surface area (Å²) in [5, 5.41) is 0.644. The molecule has 0 radical (unpaired) electrons. The van der Waals surface area contributed by atoms with Crippen molar-refractivity contribution in [1.29, 1.82) is 0 Å². The second kappa shape index (κ2) is 8.69. The lowest BCUT2D eigenvalue weighted by molar-refractivity contribution is -0.130. The van der Waals surface area contributed by atoms with E-state index >= 15 is 0 Å². The number of thioether (sulfide) groups is 1. The Morgan fingerprint density at radius 3 is 2.77 bits per heavy atom. The minimum atomic E-state index is -3.09. The van der Waals surface area contributed by atoms with E-state index in [1.165, 1.54) is 11.8 Å². The number of aromatic nitrogens is 2. The number of hydrogen-bond donors (Lipinski definition) is 1. The first kappa shape index (κ1) is 20.7. The minimum absolute atomic E-state index is 0.0284. The predicted molar refractivity (Wildman–Crippen MR) is 117 cm³/mol. The molecule has 1 aliphatic heterocycles. The zero-order chi connectivity index (χ0) is 21.1. The van der Waals surface area contributed by atoms with E-state index < -0.39 is 9.84 Å². The second-order valence-corrected chi connectivity index (χ2v) is 10.5. The number of sulfone groups is 1. The molecule has 1 aromatic heterocycles. The highest BCUT2D eigenvalue weighted by Gasteiger charge is 2.34. The Labute approximate surface area is 179 Å². The number of nitrogens with one attached hydrogen (secondary N) is 1. The fraction of sp³-hybridized carbons (Fsp3) is 0.333. The predicted octanol–water partition coefficient (Wildman–Crippen LogP) is 2.88. The Morgan fingerprint density at radius 2 is 2.07 bits per heavy atom. The summed E-state index contributed by atoms with van der Waals surface area (Å²) in [4.78, 5) is 22.5. The highest BCUT2D eigenvalue weighted by atomic mass is 32.2. The number of hydrogen-bond acceptors (Lipinski definition) is 6. The second-order valence-electron chi connectivity index (χ2n) is 7.28. The molecule has 1 atom stereocenters. The lowest BCUT2D eigenvalue weighted by Crippen LogP contribution is -2.41. The van der Waals surface area contributed by atoms with Crippen LogP contribution in [-0.4, -0.2) is 59.6 Å². The van der Waals surface area contributed by atoms with Gasteiger partial charge in [0.05, 0.1) is 35.4 Å². The van der Waals surface area contributed by atoms with Crippen molar-refractivity contribution in [2.24, 2.45) is 0 Å². The van der Waals surface area contributed by atoms with Crippen LogP contribution < -0.4 is 4.74 Å². The van der Waals surface area contributed by atoms with Crippen LogP contribution in [0.3, 0.4) is 0 Å². The molecule has 0 bridgehead atoms. The van der Waals surface area contributed by atoms with Gasteiger partial charge in [-0.1, -0.05) is 42.1 Å². The number of amides is 1. The first-order valence-electron chi connectivity index (χ1n) is 9.64. The molecule has 1 amide bonds.